The Morgan fingerprint density at radius 3 is 2.25 bits per heavy atom. The molecule has 0 radical (unpaired) electrons. The molecule has 4 heterocycles. The number of ether oxygens (including phenoxy) is 1. The van der Waals surface area contributed by atoms with Crippen molar-refractivity contribution in [3.8, 4) is 5.88 Å². The molecule has 148 valence electrons. The number of pyridine rings is 1. The molecule has 2 aliphatic heterocycles. The van der Waals surface area contributed by atoms with Crippen LogP contribution in [-0.4, -0.2) is 72.1 Å². The number of methoxy groups -OCH3 is 1. The number of piperidine rings is 1. The molecule has 0 aliphatic carbocycles. The van der Waals surface area contributed by atoms with Crippen LogP contribution in [0.5, 0.6) is 5.88 Å². The lowest BCUT2D eigenvalue weighted by Gasteiger charge is -2.36. The van der Waals surface area contributed by atoms with Crippen molar-refractivity contribution in [2.45, 2.75) is 19.3 Å². The number of amides is 1. The minimum atomic E-state index is 0.0112. The van der Waals surface area contributed by atoms with E-state index in [0.29, 0.717) is 24.5 Å². The van der Waals surface area contributed by atoms with Crippen molar-refractivity contribution in [2.75, 3.05) is 56.2 Å². The maximum atomic E-state index is 12.8. The predicted octanol–water partition coefficient (Wildman–Crippen LogP) is 1.83. The number of piperazine rings is 1. The molecule has 0 unspecified atom stereocenters. The van der Waals surface area contributed by atoms with Gasteiger partial charge in [-0.15, -0.1) is 0 Å². The molecule has 28 heavy (non-hydrogen) atoms. The summed E-state index contributed by atoms with van der Waals surface area (Å²) in [5.41, 5.74) is 0.606. The standard InChI is InChI=1S/C20H26N6O2/c1-28-19-13-16(5-6-21-19)20(27)26-11-9-25(10-12-26)18-14-17(22-15-23-18)24-7-3-2-4-8-24/h5-6,13-15H,2-4,7-12H2,1H3. The van der Waals surface area contributed by atoms with E-state index in [9.17, 15) is 4.79 Å². The van der Waals surface area contributed by atoms with E-state index in [0.717, 1.165) is 37.8 Å². The van der Waals surface area contributed by atoms with Gasteiger partial charge in [0.2, 0.25) is 5.88 Å². The second kappa shape index (κ2) is 8.41. The lowest BCUT2D eigenvalue weighted by Crippen LogP contribution is -2.49. The summed E-state index contributed by atoms with van der Waals surface area (Å²) in [5, 5.41) is 0. The van der Waals surface area contributed by atoms with Gasteiger partial charge in [-0.05, 0) is 25.3 Å². The number of anilines is 2. The largest absolute Gasteiger partial charge is 0.481 e. The molecule has 8 heteroatoms. The summed E-state index contributed by atoms with van der Waals surface area (Å²) in [7, 11) is 1.55. The van der Waals surface area contributed by atoms with Crippen LogP contribution in [0.15, 0.2) is 30.7 Å². The minimum absolute atomic E-state index is 0.0112. The van der Waals surface area contributed by atoms with Crippen molar-refractivity contribution in [1.82, 2.24) is 19.9 Å². The van der Waals surface area contributed by atoms with Crippen LogP contribution >= 0.6 is 0 Å². The highest BCUT2D eigenvalue weighted by molar-refractivity contribution is 5.94. The molecule has 8 nitrogen and oxygen atoms in total. The Morgan fingerprint density at radius 2 is 1.57 bits per heavy atom. The number of hydrogen-bond acceptors (Lipinski definition) is 7. The van der Waals surface area contributed by atoms with Gasteiger partial charge in [0, 0.05) is 63.2 Å². The zero-order chi connectivity index (χ0) is 19.3. The average molecular weight is 382 g/mol. The van der Waals surface area contributed by atoms with Crippen LogP contribution in [-0.2, 0) is 0 Å². The van der Waals surface area contributed by atoms with E-state index >= 15 is 0 Å². The second-order valence-electron chi connectivity index (χ2n) is 7.15. The van der Waals surface area contributed by atoms with Gasteiger partial charge in [0.1, 0.15) is 18.0 Å². The highest BCUT2D eigenvalue weighted by Crippen LogP contribution is 2.22. The van der Waals surface area contributed by atoms with Crippen molar-refractivity contribution >= 4 is 17.5 Å². The SMILES string of the molecule is COc1cc(C(=O)N2CCN(c3cc(N4CCCCC4)ncn3)CC2)ccn1. The Bertz CT molecular complexity index is 816. The fourth-order valence-corrected chi connectivity index (χ4v) is 3.78. The molecule has 0 aromatic carbocycles. The van der Waals surface area contributed by atoms with Crippen molar-refractivity contribution in [3.05, 3.63) is 36.3 Å². The highest BCUT2D eigenvalue weighted by Gasteiger charge is 2.24. The molecule has 1 amide bonds. The zero-order valence-corrected chi connectivity index (χ0v) is 16.3. The Morgan fingerprint density at radius 1 is 0.893 bits per heavy atom. The fourth-order valence-electron chi connectivity index (χ4n) is 3.78. The summed E-state index contributed by atoms with van der Waals surface area (Å²) in [5.74, 6) is 2.41. The van der Waals surface area contributed by atoms with Gasteiger partial charge in [0.15, 0.2) is 0 Å². The minimum Gasteiger partial charge on any atom is -0.481 e. The summed E-state index contributed by atoms with van der Waals surface area (Å²) in [4.78, 5) is 32.2. The maximum absolute atomic E-state index is 12.8. The molecule has 0 atom stereocenters. The molecule has 0 bridgehead atoms. The number of hydrogen-bond donors (Lipinski definition) is 0. The Balaban J connectivity index is 1.39. The van der Waals surface area contributed by atoms with Crippen LogP contribution in [0.25, 0.3) is 0 Å². The third-order valence-electron chi connectivity index (χ3n) is 5.40. The zero-order valence-electron chi connectivity index (χ0n) is 16.3. The number of nitrogens with zero attached hydrogens (tertiary/aromatic N) is 6. The summed E-state index contributed by atoms with van der Waals surface area (Å²) in [6.07, 6.45) is 7.00. The third-order valence-corrected chi connectivity index (χ3v) is 5.40. The predicted molar refractivity (Wildman–Crippen MR) is 107 cm³/mol. The van der Waals surface area contributed by atoms with E-state index in [1.165, 1.54) is 19.3 Å². The highest BCUT2D eigenvalue weighted by atomic mass is 16.5. The van der Waals surface area contributed by atoms with E-state index in [4.69, 9.17) is 4.74 Å². The van der Waals surface area contributed by atoms with Gasteiger partial charge in [0.05, 0.1) is 7.11 Å². The van der Waals surface area contributed by atoms with Gasteiger partial charge in [-0.25, -0.2) is 15.0 Å². The van der Waals surface area contributed by atoms with Crippen LogP contribution in [0.4, 0.5) is 11.6 Å². The molecule has 2 fully saturated rings. The molecule has 0 saturated carbocycles. The smallest absolute Gasteiger partial charge is 0.254 e. The average Bonchev–Trinajstić information content (AvgIpc) is 2.79. The van der Waals surface area contributed by atoms with E-state index in [1.807, 2.05) is 4.90 Å². The molecule has 4 rings (SSSR count). The summed E-state index contributed by atoms with van der Waals surface area (Å²) in [6.45, 7) is 4.95. The summed E-state index contributed by atoms with van der Waals surface area (Å²) < 4.78 is 5.12. The first-order chi connectivity index (χ1) is 13.7. The topological polar surface area (TPSA) is 74.7 Å². The summed E-state index contributed by atoms with van der Waals surface area (Å²) >= 11 is 0. The van der Waals surface area contributed by atoms with Crippen LogP contribution in [0.1, 0.15) is 29.6 Å². The second-order valence-corrected chi connectivity index (χ2v) is 7.15. The first kappa shape index (κ1) is 18.5. The molecule has 2 aromatic heterocycles. The van der Waals surface area contributed by atoms with Crippen molar-refractivity contribution in [3.63, 3.8) is 0 Å². The normalized spacial score (nSPS) is 17.5. The molecular weight excluding hydrogens is 356 g/mol. The number of carbonyl (C=O) groups excluding carboxylic acids is 1. The lowest BCUT2D eigenvalue weighted by atomic mass is 10.1. The first-order valence-corrected chi connectivity index (χ1v) is 9.86. The van der Waals surface area contributed by atoms with Crippen molar-refractivity contribution in [1.29, 1.82) is 0 Å². The Kier molecular flexibility index (Phi) is 5.55. The molecule has 0 N–H and O–H groups in total. The van der Waals surface area contributed by atoms with Crippen LogP contribution in [0.3, 0.4) is 0 Å². The summed E-state index contributed by atoms with van der Waals surface area (Å²) in [6, 6.07) is 5.49. The molecular formula is C20H26N6O2. The number of aromatic nitrogens is 3. The van der Waals surface area contributed by atoms with Gasteiger partial charge in [-0.2, -0.15) is 0 Å². The fraction of sp³-hybridized carbons (Fsp3) is 0.500. The Labute approximate surface area is 165 Å². The third kappa shape index (κ3) is 4.00. The molecule has 0 spiro atoms. The molecule has 2 aliphatic rings. The van der Waals surface area contributed by atoms with E-state index in [-0.39, 0.29) is 5.91 Å². The number of carbonyl (C=O) groups is 1. The monoisotopic (exact) mass is 382 g/mol. The van der Waals surface area contributed by atoms with Crippen LogP contribution < -0.4 is 14.5 Å². The quantitative estimate of drug-likeness (QED) is 0.799. The van der Waals surface area contributed by atoms with Gasteiger partial charge < -0.3 is 19.4 Å². The lowest BCUT2D eigenvalue weighted by molar-refractivity contribution is 0.0746. The van der Waals surface area contributed by atoms with Gasteiger partial charge in [0.25, 0.3) is 5.91 Å². The molecule has 2 saturated heterocycles. The maximum Gasteiger partial charge on any atom is 0.254 e. The number of rotatable bonds is 4. The van der Waals surface area contributed by atoms with Crippen molar-refractivity contribution in [2.24, 2.45) is 0 Å². The Hall–Kier alpha value is -2.90. The van der Waals surface area contributed by atoms with E-state index < -0.39 is 0 Å². The van der Waals surface area contributed by atoms with Crippen molar-refractivity contribution < 1.29 is 9.53 Å². The van der Waals surface area contributed by atoms with Crippen LogP contribution in [0.2, 0.25) is 0 Å². The van der Waals surface area contributed by atoms with Crippen LogP contribution in [0, 0.1) is 0 Å². The van der Waals surface area contributed by atoms with E-state index in [2.05, 4.69) is 30.8 Å². The van der Waals surface area contributed by atoms with Gasteiger partial charge in [-0.3, -0.25) is 4.79 Å². The van der Waals surface area contributed by atoms with Gasteiger partial charge in [-0.1, -0.05) is 0 Å². The van der Waals surface area contributed by atoms with Gasteiger partial charge >= 0.3 is 0 Å². The van der Waals surface area contributed by atoms with E-state index in [1.54, 1.807) is 31.8 Å². The molecule has 2 aromatic rings. The first-order valence-electron chi connectivity index (χ1n) is 9.86.